The predicted molar refractivity (Wildman–Crippen MR) is 306 cm³/mol. The summed E-state index contributed by atoms with van der Waals surface area (Å²) >= 11 is 0. The molecule has 0 fully saturated rings. The van der Waals surface area contributed by atoms with Crippen molar-refractivity contribution in [2.45, 2.75) is 386 Å². The van der Waals surface area contributed by atoms with Crippen LogP contribution in [0, 0.1) is 0 Å². The molecule has 0 aromatic carbocycles. The molecule has 0 saturated carbocycles. The first-order chi connectivity index (χ1) is 34.5. The van der Waals surface area contributed by atoms with E-state index in [-0.39, 0.29) is 18.5 Å². The Morgan fingerprint density at radius 1 is 0.343 bits per heavy atom. The molecule has 0 bridgehead atoms. The van der Waals surface area contributed by atoms with E-state index in [0.717, 1.165) is 51.4 Å². The Morgan fingerprint density at radius 3 is 0.871 bits per heavy atom. The summed E-state index contributed by atoms with van der Waals surface area (Å²) in [5.41, 5.74) is 0. The molecule has 0 spiro atoms. The number of aliphatic hydroxyl groups excluding tert-OH is 2. The van der Waals surface area contributed by atoms with Gasteiger partial charge in [0.25, 0.3) is 0 Å². The van der Waals surface area contributed by atoms with Crippen LogP contribution >= 0.6 is 0 Å². The Morgan fingerprint density at radius 2 is 0.586 bits per heavy atom. The molecule has 0 aliphatic carbocycles. The van der Waals surface area contributed by atoms with Gasteiger partial charge in [-0.2, -0.15) is 0 Å². The van der Waals surface area contributed by atoms with E-state index in [1.165, 1.54) is 289 Å². The van der Waals surface area contributed by atoms with Crippen LogP contribution in [0.25, 0.3) is 0 Å². The highest BCUT2D eigenvalue weighted by Gasteiger charge is 2.20. The molecule has 418 valence electrons. The standard InChI is InChI=1S/C64H127NO5/c1-3-5-7-9-11-13-15-17-19-21-23-24-25-26-28-32-36-40-44-48-52-56-62(67)61(60-66)65-63(68)57-53-49-45-41-37-33-30-31-35-39-43-47-51-55-59-70-64(69)58-54-50-46-42-38-34-29-27-22-20-18-16-14-12-10-8-6-4-2/h61-62,66-67H,3-60H2,1-2H3,(H,65,68). The van der Waals surface area contributed by atoms with Crippen LogP contribution in [0.2, 0.25) is 0 Å². The highest BCUT2D eigenvalue weighted by molar-refractivity contribution is 5.76. The van der Waals surface area contributed by atoms with Crippen molar-refractivity contribution in [3.05, 3.63) is 0 Å². The molecule has 2 unspecified atom stereocenters. The van der Waals surface area contributed by atoms with Crippen LogP contribution in [0.4, 0.5) is 0 Å². The summed E-state index contributed by atoms with van der Waals surface area (Å²) in [5.74, 6) is -0.0364. The average molecular weight is 991 g/mol. The molecule has 0 aromatic rings. The number of hydrogen-bond acceptors (Lipinski definition) is 5. The van der Waals surface area contributed by atoms with Gasteiger partial charge in [-0.1, -0.05) is 335 Å². The van der Waals surface area contributed by atoms with Gasteiger partial charge < -0.3 is 20.3 Å². The number of nitrogens with one attached hydrogen (secondary N) is 1. The van der Waals surface area contributed by atoms with Gasteiger partial charge >= 0.3 is 5.97 Å². The number of carbonyl (C=O) groups is 2. The molecular weight excluding hydrogens is 863 g/mol. The second-order valence-corrected chi connectivity index (χ2v) is 22.5. The molecule has 0 aliphatic rings. The van der Waals surface area contributed by atoms with E-state index in [9.17, 15) is 19.8 Å². The van der Waals surface area contributed by atoms with Crippen molar-refractivity contribution in [1.29, 1.82) is 0 Å². The van der Waals surface area contributed by atoms with Crippen molar-refractivity contribution in [3.63, 3.8) is 0 Å². The molecule has 0 aliphatic heterocycles. The molecule has 0 aromatic heterocycles. The molecule has 6 nitrogen and oxygen atoms in total. The first-order valence-corrected chi connectivity index (χ1v) is 32.3. The van der Waals surface area contributed by atoms with Crippen molar-refractivity contribution in [2.24, 2.45) is 0 Å². The molecule has 0 radical (unpaired) electrons. The van der Waals surface area contributed by atoms with E-state index >= 15 is 0 Å². The summed E-state index contributed by atoms with van der Waals surface area (Å²) in [4.78, 5) is 24.6. The van der Waals surface area contributed by atoms with Crippen LogP contribution in [0.1, 0.15) is 373 Å². The van der Waals surface area contributed by atoms with Gasteiger partial charge in [0, 0.05) is 12.8 Å². The number of amides is 1. The van der Waals surface area contributed by atoms with Gasteiger partial charge in [-0.25, -0.2) is 0 Å². The first-order valence-electron chi connectivity index (χ1n) is 32.3. The van der Waals surface area contributed by atoms with Gasteiger partial charge in [0.15, 0.2) is 0 Å². The van der Waals surface area contributed by atoms with Crippen molar-refractivity contribution < 1.29 is 24.5 Å². The Hall–Kier alpha value is -1.14. The summed E-state index contributed by atoms with van der Waals surface area (Å²) in [5, 5.41) is 23.4. The number of rotatable bonds is 61. The fourth-order valence-corrected chi connectivity index (χ4v) is 10.5. The van der Waals surface area contributed by atoms with Gasteiger partial charge in [-0.15, -0.1) is 0 Å². The third-order valence-corrected chi connectivity index (χ3v) is 15.4. The number of carbonyl (C=O) groups excluding carboxylic acids is 2. The SMILES string of the molecule is CCCCCCCCCCCCCCCCCCCCCCCC(O)C(CO)NC(=O)CCCCCCCCCCCCCCCCOC(=O)CCCCCCCCCCCCCCCCCCCC. The van der Waals surface area contributed by atoms with Crippen molar-refractivity contribution in [1.82, 2.24) is 5.32 Å². The fourth-order valence-electron chi connectivity index (χ4n) is 10.5. The fraction of sp³-hybridized carbons (Fsp3) is 0.969. The van der Waals surface area contributed by atoms with E-state index in [0.29, 0.717) is 25.9 Å². The zero-order valence-electron chi connectivity index (χ0n) is 47.8. The monoisotopic (exact) mass is 990 g/mol. The van der Waals surface area contributed by atoms with E-state index < -0.39 is 12.1 Å². The predicted octanol–water partition coefficient (Wildman–Crippen LogP) is 20.3. The second kappa shape index (κ2) is 60.4. The molecule has 0 rings (SSSR count). The lowest BCUT2D eigenvalue weighted by atomic mass is 10.0. The van der Waals surface area contributed by atoms with E-state index in [2.05, 4.69) is 19.2 Å². The van der Waals surface area contributed by atoms with Crippen LogP contribution in [0.15, 0.2) is 0 Å². The summed E-state index contributed by atoms with van der Waals surface area (Å²) in [6, 6.07) is -0.549. The molecule has 70 heavy (non-hydrogen) atoms. The topological polar surface area (TPSA) is 95.9 Å². The summed E-state index contributed by atoms with van der Waals surface area (Å²) in [6.07, 6.45) is 71.1. The second-order valence-electron chi connectivity index (χ2n) is 22.5. The minimum atomic E-state index is -0.671. The third kappa shape index (κ3) is 56.2. The van der Waals surface area contributed by atoms with Gasteiger partial charge in [-0.3, -0.25) is 9.59 Å². The van der Waals surface area contributed by atoms with E-state index in [4.69, 9.17) is 4.74 Å². The normalized spacial score (nSPS) is 12.5. The molecular formula is C64H127NO5. The van der Waals surface area contributed by atoms with Crippen LogP contribution in [0.3, 0.4) is 0 Å². The number of aliphatic hydroxyl groups is 2. The zero-order valence-corrected chi connectivity index (χ0v) is 47.8. The van der Waals surface area contributed by atoms with Gasteiger partial charge in [-0.05, 0) is 25.7 Å². The maximum absolute atomic E-state index is 12.5. The zero-order chi connectivity index (χ0) is 50.7. The van der Waals surface area contributed by atoms with Crippen molar-refractivity contribution >= 4 is 11.9 Å². The highest BCUT2D eigenvalue weighted by Crippen LogP contribution is 2.19. The van der Waals surface area contributed by atoms with Crippen LogP contribution in [0.5, 0.6) is 0 Å². The lowest BCUT2D eigenvalue weighted by molar-refractivity contribution is -0.143. The molecule has 6 heteroatoms. The highest BCUT2D eigenvalue weighted by atomic mass is 16.5. The first kappa shape index (κ1) is 68.9. The minimum Gasteiger partial charge on any atom is -0.466 e. The van der Waals surface area contributed by atoms with Gasteiger partial charge in [0.05, 0.1) is 25.4 Å². The number of unbranched alkanes of at least 4 members (excludes halogenated alkanes) is 50. The van der Waals surface area contributed by atoms with Crippen molar-refractivity contribution in [3.8, 4) is 0 Å². The maximum Gasteiger partial charge on any atom is 0.305 e. The lowest BCUT2D eigenvalue weighted by Crippen LogP contribution is -2.45. The van der Waals surface area contributed by atoms with Crippen molar-refractivity contribution in [2.75, 3.05) is 13.2 Å². The lowest BCUT2D eigenvalue weighted by Gasteiger charge is -2.22. The summed E-state index contributed by atoms with van der Waals surface area (Å²) in [6.45, 7) is 4.98. The van der Waals surface area contributed by atoms with Crippen LogP contribution < -0.4 is 5.32 Å². The minimum absolute atomic E-state index is 0.00391. The van der Waals surface area contributed by atoms with Gasteiger partial charge in [0.2, 0.25) is 5.91 Å². The smallest absolute Gasteiger partial charge is 0.305 e. The molecule has 1 amide bonds. The number of hydrogen-bond donors (Lipinski definition) is 3. The third-order valence-electron chi connectivity index (χ3n) is 15.4. The molecule has 2 atom stereocenters. The number of ether oxygens (including phenoxy) is 1. The number of esters is 1. The largest absolute Gasteiger partial charge is 0.466 e. The summed E-state index contributed by atoms with van der Waals surface area (Å²) in [7, 11) is 0. The van der Waals surface area contributed by atoms with Crippen LogP contribution in [-0.4, -0.2) is 47.4 Å². The summed E-state index contributed by atoms with van der Waals surface area (Å²) < 4.78 is 5.50. The average Bonchev–Trinajstić information content (AvgIpc) is 3.36. The van der Waals surface area contributed by atoms with E-state index in [1.54, 1.807) is 0 Å². The quantitative estimate of drug-likeness (QED) is 0.0417. The molecule has 3 N–H and O–H groups in total. The Balaban J connectivity index is 3.40. The molecule has 0 saturated heterocycles. The Labute approximate surface area is 438 Å². The Kier molecular flexibility index (Phi) is 59.4. The van der Waals surface area contributed by atoms with Crippen LogP contribution in [-0.2, 0) is 14.3 Å². The molecule has 0 heterocycles. The Bertz CT molecular complexity index is 1010. The van der Waals surface area contributed by atoms with Gasteiger partial charge in [0.1, 0.15) is 0 Å². The van der Waals surface area contributed by atoms with E-state index in [1.807, 2.05) is 0 Å². The maximum atomic E-state index is 12.5.